The van der Waals surface area contributed by atoms with Crippen molar-refractivity contribution in [1.29, 1.82) is 0 Å². The molecule has 4 aromatic rings. The maximum atomic E-state index is 6.05. The number of imidazole rings is 1. The van der Waals surface area contributed by atoms with Crippen LogP contribution >= 0.6 is 0 Å². The smallest absolute Gasteiger partial charge is 0.227 e. The van der Waals surface area contributed by atoms with Gasteiger partial charge in [-0.15, -0.1) is 0 Å². The third kappa shape index (κ3) is 4.70. The largest absolute Gasteiger partial charge is 0.490 e. The van der Waals surface area contributed by atoms with Crippen LogP contribution in [-0.2, 0) is 4.74 Å². The van der Waals surface area contributed by atoms with Crippen LogP contribution < -0.4 is 10.1 Å². The maximum Gasteiger partial charge on any atom is 0.227 e. The molecule has 1 saturated heterocycles. The minimum Gasteiger partial charge on any atom is -0.490 e. The van der Waals surface area contributed by atoms with E-state index in [0.717, 1.165) is 54.6 Å². The Hall–Kier alpha value is -3.78. The molecule has 5 rings (SSSR count). The summed E-state index contributed by atoms with van der Waals surface area (Å²) in [5, 5.41) is 3.21. The van der Waals surface area contributed by atoms with Crippen LogP contribution in [-0.4, -0.2) is 43.8 Å². The molecule has 1 N–H and O–H groups in total. The summed E-state index contributed by atoms with van der Waals surface area (Å²) in [6.45, 7) is 1.53. The lowest BCUT2D eigenvalue weighted by molar-refractivity contribution is 0.0256. The molecule has 1 aliphatic heterocycles. The van der Waals surface area contributed by atoms with E-state index in [1.165, 1.54) is 0 Å². The number of anilines is 2. The van der Waals surface area contributed by atoms with Gasteiger partial charge in [0.2, 0.25) is 5.95 Å². The second kappa shape index (κ2) is 8.93. The van der Waals surface area contributed by atoms with Gasteiger partial charge in [0, 0.05) is 37.0 Å². The highest BCUT2D eigenvalue weighted by molar-refractivity contribution is 5.62. The van der Waals surface area contributed by atoms with Crippen LogP contribution in [0.2, 0.25) is 0 Å². The van der Waals surface area contributed by atoms with Gasteiger partial charge in [0.1, 0.15) is 24.0 Å². The molecule has 4 heterocycles. The third-order valence-corrected chi connectivity index (χ3v) is 5.05. The quantitative estimate of drug-likeness (QED) is 0.510. The van der Waals surface area contributed by atoms with Crippen LogP contribution in [0.1, 0.15) is 12.8 Å². The molecule has 156 valence electrons. The highest BCUT2D eigenvalue weighted by atomic mass is 16.5. The molecule has 0 radical (unpaired) electrons. The van der Waals surface area contributed by atoms with Crippen molar-refractivity contribution in [2.24, 2.45) is 0 Å². The fourth-order valence-electron chi connectivity index (χ4n) is 3.41. The first-order chi connectivity index (χ1) is 15.3. The Morgan fingerprint density at radius 3 is 2.58 bits per heavy atom. The molecule has 0 saturated carbocycles. The van der Waals surface area contributed by atoms with Gasteiger partial charge in [0.15, 0.2) is 0 Å². The Balaban J connectivity index is 1.26. The van der Waals surface area contributed by atoms with Crippen LogP contribution in [0.25, 0.3) is 17.1 Å². The van der Waals surface area contributed by atoms with E-state index in [1.807, 2.05) is 53.2 Å². The van der Waals surface area contributed by atoms with Crippen molar-refractivity contribution >= 4 is 11.6 Å². The Bertz CT molecular complexity index is 1110. The number of nitrogens with zero attached hydrogens (tertiary/aromatic N) is 5. The van der Waals surface area contributed by atoms with E-state index in [1.54, 1.807) is 24.9 Å². The molecule has 31 heavy (non-hydrogen) atoms. The van der Waals surface area contributed by atoms with Gasteiger partial charge in [-0.1, -0.05) is 0 Å². The second-order valence-electron chi connectivity index (χ2n) is 7.22. The van der Waals surface area contributed by atoms with E-state index in [9.17, 15) is 0 Å². The maximum absolute atomic E-state index is 6.05. The zero-order chi connectivity index (χ0) is 20.9. The second-order valence-corrected chi connectivity index (χ2v) is 7.22. The number of hydrogen-bond acceptors (Lipinski definition) is 7. The summed E-state index contributed by atoms with van der Waals surface area (Å²) in [5.41, 5.74) is 2.64. The van der Waals surface area contributed by atoms with Crippen molar-refractivity contribution in [3.8, 4) is 22.8 Å². The predicted molar refractivity (Wildman–Crippen MR) is 117 cm³/mol. The van der Waals surface area contributed by atoms with E-state index in [4.69, 9.17) is 9.47 Å². The van der Waals surface area contributed by atoms with Gasteiger partial charge in [-0.2, -0.15) is 0 Å². The topological polar surface area (TPSA) is 87.0 Å². The normalized spacial score (nSPS) is 14.3. The van der Waals surface area contributed by atoms with Gasteiger partial charge in [0.25, 0.3) is 0 Å². The Kier molecular flexibility index (Phi) is 5.53. The molecule has 0 aliphatic carbocycles. The molecule has 1 aromatic carbocycles. The first-order valence-corrected chi connectivity index (χ1v) is 10.2. The summed E-state index contributed by atoms with van der Waals surface area (Å²) in [4.78, 5) is 17.4. The monoisotopic (exact) mass is 414 g/mol. The zero-order valence-electron chi connectivity index (χ0n) is 16.9. The molecule has 0 atom stereocenters. The van der Waals surface area contributed by atoms with E-state index >= 15 is 0 Å². The summed E-state index contributed by atoms with van der Waals surface area (Å²) < 4.78 is 13.3. The van der Waals surface area contributed by atoms with Gasteiger partial charge in [-0.3, -0.25) is 4.57 Å². The Morgan fingerprint density at radius 1 is 0.968 bits per heavy atom. The minimum absolute atomic E-state index is 0.225. The van der Waals surface area contributed by atoms with Crippen LogP contribution in [0.3, 0.4) is 0 Å². The number of hydrogen-bond donors (Lipinski definition) is 1. The van der Waals surface area contributed by atoms with Crippen molar-refractivity contribution in [1.82, 2.24) is 24.5 Å². The molecular formula is C23H22N6O2. The first kappa shape index (κ1) is 19.2. The Morgan fingerprint density at radius 2 is 1.84 bits per heavy atom. The lowest BCUT2D eigenvalue weighted by Gasteiger charge is -2.23. The van der Waals surface area contributed by atoms with Crippen molar-refractivity contribution in [2.75, 3.05) is 18.5 Å². The van der Waals surface area contributed by atoms with Crippen molar-refractivity contribution in [3.63, 3.8) is 0 Å². The van der Waals surface area contributed by atoms with E-state index in [0.29, 0.717) is 5.95 Å². The van der Waals surface area contributed by atoms with Crippen LogP contribution in [0.15, 0.2) is 73.6 Å². The summed E-state index contributed by atoms with van der Waals surface area (Å²) in [6.07, 6.45) is 10.9. The van der Waals surface area contributed by atoms with Gasteiger partial charge < -0.3 is 14.8 Å². The molecule has 0 bridgehead atoms. The van der Waals surface area contributed by atoms with Crippen LogP contribution in [0.5, 0.6) is 5.75 Å². The van der Waals surface area contributed by atoms with Gasteiger partial charge in [-0.25, -0.2) is 19.9 Å². The summed E-state index contributed by atoms with van der Waals surface area (Å²) in [5.74, 6) is 2.17. The first-order valence-electron chi connectivity index (χ1n) is 10.2. The number of pyridine rings is 1. The summed E-state index contributed by atoms with van der Waals surface area (Å²) in [6, 6.07) is 13.7. The third-order valence-electron chi connectivity index (χ3n) is 5.05. The summed E-state index contributed by atoms with van der Waals surface area (Å²) >= 11 is 0. The van der Waals surface area contributed by atoms with Crippen molar-refractivity contribution in [3.05, 3.63) is 73.6 Å². The number of aromatic nitrogens is 5. The van der Waals surface area contributed by atoms with Crippen LogP contribution in [0, 0.1) is 0 Å². The fourth-order valence-corrected chi connectivity index (χ4v) is 3.41. The molecular weight excluding hydrogens is 392 g/mol. The molecule has 8 heteroatoms. The molecule has 0 amide bonds. The highest BCUT2D eigenvalue weighted by Crippen LogP contribution is 2.24. The minimum atomic E-state index is 0.225. The lowest BCUT2D eigenvalue weighted by atomic mass is 10.1. The SMILES string of the molecule is c1cn(-c2ccc(Nc3nccc(-c4ccc(OC5CCOCC5)cc4)n3)cn2)cn1. The average Bonchev–Trinajstić information content (AvgIpc) is 3.36. The molecule has 3 aromatic heterocycles. The standard InChI is InChI=1S/C23H22N6O2/c1-4-19(31-20-8-13-30-14-9-20)5-2-17(1)21-7-10-25-23(28-21)27-18-3-6-22(26-15-18)29-12-11-24-16-29/h1-7,10-12,15-16,20H,8-9,13-14H2,(H,25,27,28). The van der Waals surface area contributed by atoms with Crippen molar-refractivity contribution in [2.45, 2.75) is 18.9 Å². The molecule has 1 aliphatic rings. The molecule has 0 spiro atoms. The molecule has 0 unspecified atom stereocenters. The van der Waals surface area contributed by atoms with Gasteiger partial charge >= 0.3 is 0 Å². The Labute approximate surface area is 179 Å². The number of nitrogens with one attached hydrogen (secondary N) is 1. The number of benzene rings is 1. The number of rotatable bonds is 6. The highest BCUT2D eigenvalue weighted by Gasteiger charge is 2.15. The van der Waals surface area contributed by atoms with E-state index < -0.39 is 0 Å². The van der Waals surface area contributed by atoms with E-state index in [2.05, 4.69) is 25.3 Å². The summed E-state index contributed by atoms with van der Waals surface area (Å²) in [7, 11) is 0. The lowest BCUT2D eigenvalue weighted by Crippen LogP contribution is -2.25. The van der Waals surface area contributed by atoms with Gasteiger partial charge in [0.05, 0.1) is 30.8 Å². The fraction of sp³-hybridized carbons (Fsp3) is 0.217. The zero-order valence-corrected chi connectivity index (χ0v) is 16.9. The average molecular weight is 414 g/mol. The van der Waals surface area contributed by atoms with Crippen molar-refractivity contribution < 1.29 is 9.47 Å². The van der Waals surface area contributed by atoms with E-state index in [-0.39, 0.29) is 6.10 Å². The van der Waals surface area contributed by atoms with Gasteiger partial charge in [-0.05, 0) is 42.5 Å². The predicted octanol–water partition coefficient (Wildman–Crippen LogP) is 4.03. The molecule has 1 fully saturated rings. The number of ether oxygens (including phenoxy) is 2. The van der Waals surface area contributed by atoms with Crippen LogP contribution in [0.4, 0.5) is 11.6 Å². The molecule has 8 nitrogen and oxygen atoms in total.